The van der Waals surface area contributed by atoms with E-state index in [1.807, 2.05) is 19.9 Å². The average molecular weight is 621 g/mol. The maximum Gasteiger partial charge on any atom is 0.409 e. The molecule has 12 heteroatoms. The van der Waals surface area contributed by atoms with E-state index < -0.39 is 65.5 Å². The lowest BCUT2D eigenvalue weighted by Crippen LogP contribution is -2.63. The fraction of sp³-hybridized carbons (Fsp3) is 0.581. The molecule has 0 spiro atoms. The number of aliphatic hydroxyl groups is 1. The van der Waals surface area contributed by atoms with E-state index in [-0.39, 0.29) is 17.9 Å². The summed E-state index contributed by atoms with van der Waals surface area (Å²) in [6.07, 6.45) is 1.59. The molecule has 2 saturated heterocycles. The third-order valence-corrected chi connectivity index (χ3v) is 8.64. The van der Waals surface area contributed by atoms with Gasteiger partial charge in [0, 0.05) is 19.4 Å². The van der Waals surface area contributed by atoms with Crippen LogP contribution in [0, 0.1) is 11.8 Å². The maximum atomic E-state index is 13.4. The molecule has 43 heavy (non-hydrogen) atoms. The summed E-state index contributed by atoms with van der Waals surface area (Å²) in [6.45, 7) is 8.91. The number of hydrogen-bond acceptors (Lipinski definition) is 9. The number of halogens is 1. The van der Waals surface area contributed by atoms with Crippen LogP contribution in [0.4, 0.5) is 10.5 Å². The van der Waals surface area contributed by atoms with E-state index in [0.29, 0.717) is 17.9 Å². The molecule has 2 fully saturated rings. The summed E-state index contributed by atoms with van der Waals surface area (Å²) in [5.74, 6) is -1.41. The van der Waals surface area contributed by atoms with Crippen LogP contribution in [0.15, 0.2) is 35.9 Å². The highest BCUT2D eigenvalue weighted by molar-refractivity contribution is 6.35. The highest BCUT2D eigenvalue weighted by Crippen LogP contribution is 2.49. The Hall–Kier alpha value is -3.12. The lowest BCUT2D eigenvalue weighted by molar-refractivity contribution is -0.157. The smallest absolute Gasteiger partial charge is 0.409 e. The van der Waals surface area contributed by atoms with Crippen molar-refractivity contribution in [3.63, 3.8) is 0 Å². The SMILES string of the molecule is COc1cc2cc(c1Cl)NC(=O)C[C@H](OC(=O)C(C)C)[C@]1(C)O[C@H]1[C@H](C)[C@@H]1C[C@@](O)(NC(=O)O1)[C@H](OC)/C=C/C=C(/C)C2. The molecule has 236 valence electrons. The van der Waals surface area contributed by atoms with Gasteiger partial charge in [-0.15, -0.1) is 0 Å². The van der Waals surface area contributed by atoms with Crippen LogP contribution < -0.4 is 15.4 Å². The minimum absolute atomic E-state index is 0.00243. The van der Waals surface area contributed by atoms with E-state index in [9.17, 15) is 19.5 Å². The third-order valence-electron chi connectivity index (χ3n) is 8.25. The van der Waals surface area contributed by atoms with Crippen molar-refractivity contribution < 1.29 is 43.2 Å². The summed E-state index contributed by atoms with van der Waals surface area (Å²) < 4.78 is 28.6. The van der Waals surface area contributed by atoms with Gasteiger partial charge in [-0.1, -0.05) is 56.2 Å². The highest BCUT2D eigenvalue weighted by Gasteiger charge is 2.64. The quantitative estimate of drug-likeness (QED) is 0.331. The minimum Gasteiger partial charge on any atom is -0.495 e. The molecule has 11 nitrogen and oxygen atoms in total. The van der Waals surface area contributed by atoms with E-state index in [1.165, 1.54) is 14.2 Å². The molecule has 4 bridgehead atoms. The summed E-state index contributed by atoms with van der Waals surface area (Å²) in [6, 6.07) is 3.56. The van der Waals surface area contributed by atoms with Crippen molar-refractivity contribution in [2.45, 2.75) is 89.6 Å². The number of benzene rings is 1. The molecule has 0 aromatic heterocycles. The van der Waals surface area contributed by atoms with Crippen LogP contribution in [-0.2, 0) is 35.0 Å². The van der Waals surface area contributed by atoms with E-state index in [4.69, 9.17) is 35.3 Å². The van der Waals surface area contributed by atoms with Gasteiger partial charge < -0.3 is 34.1 Å². The number of amides is 2. The third kappa shape index (κ3) is 7.17. The van der Waals surface area contributed by atoms with Gasteiger partial charge in [0.15, 0.2) is 5.72 Å². The van der Waals surface area contributed by atoms with Gasteiger partial charge in [0.2, 0.25) is 5.91 Å². The van der Waals surface area contributed by atoms with Crippen LogP contribution in [0.25, 0.3) is 0 Å². The molecule has 0 saturated carbocycles. The average Bonchev–Trinajstić information content (AvgIpc) is 3.63. The number of epoxide rings is 1. The molecule has 0 aliphatic carbocycles. The summed E-state index contributed by atoms with van der Waals surface area (Å²) in [5, 5.41) is 17.2. The monoisotopic (exact) mass is 620 g/mol. The Morgan fingerprint density at radius 1 is 1.23 bits per heavy atom. The molecule has 4 rings (SSSR count). The predicted octanol–water partition coefficient (Wildman–Crippen LogP) is 4.30. The van der Waals surface area contributed by atoms with Crippen molar-refractivity contribution in [3.05, 3.63) is 46.5 Å². The van der Waals surface area contributed by atoms with Crippen molar-refractivity contribution in [2.75, 3.05) is 19.5 Å². The van der Waals surface area contributed by atoms with Crippen LogP contribution >= 0.6 is 11.6 Å². The number of nitrogens with one attached hydrogen (secondary N) is 2. The molecule has 1 aromatic rings. The van der Waals surface area contributed by atoms with Crippen LogP contribution in [0.3, 0.4) is 0 Å². The number of rotatable bonds is 4. The fourth-order valence-corrected chi connectivity index (χ4v) is 5.92. The molecule has 2 amide bonds. The molecular weight excluding hydrogens is 580 g/mol. The fourth-order valence-electron chi connectivity index (χ4n) is 5.68. The zero-order valence-electron chi connectivity index (χ0n) is 25.6. The first kappa shape index (κ1) is 32.8. The maximum absolute atomic E-state index is 13.4. The van der Waals surface area contributed by atoms with Gasteiger partial charge in [-0.2, -0.15) is 0 Å². The van der Waals surface area contributed by atoms with Crippen molar-refractivity contribution in [1.82, 2.24) is 5.32 Å². The van der Waals surface area contributed by atoms with Gasteiger partial charge in [0.25, 0.3) is 0 Å². The summed E-state index contributed by atoms with van der Waals surface area (Å²) >= 11 is 6.57. The van der Waals surface area contributed by atoms with Crippen LogP contribution in [0.2, 0.25) is 5.02 Å². The standard InChI is InChI=1S/C31H41ClN2O9/c1-16(2)28(36)42-24-14-25(35)33-20-12-19(13-21(39-6)26(20)32)11-17(3)9-8-10-23(40-7)31(38)15-22(41-29(37)34-31)18(4)27-30(24,5)43-27/h8-10,12-13,16,18,22-24,27,38H,11,14-15H2,1-7H3,(H,33,35)(H,34,37)/b10-8+,17-9-/t18-,22+,23-,24+,27+,30+,31+/m1/s1. The topological polar surface area (TPSA) is 145 Å². The molecular formula is C31H41ClN2O9. The lowest BCUT2D eigenvalue weighted by Gasteiger charge is -2.42. The Bertz CT molecular complexity index is 1310. The normalized spacial score (nSPS) is 34.9. The van der Waals surface area contributed by atoms with E-state index in [1.54, 1.807) is 45.1 Å². The number of alkyl carbamates (subject to hydrolysis) is 1. The number of allylic oxidation sites excluding steroid dienone is 3. The van der Waals surface area contributed by atoms with Crippen molar-refractivity contribution >= 4 is 35.3 Å². The van der Waals surface area contributed by atoms with E-state index in [0.717, 1.165) is 11.1 Å². The van der Waals surface area contributed by atoms with E-state index >= 15 is 0 Å². The van der Waals surface area contributed by atoms with Crippen molar-refractivity contribution in [3.8, 4) is 5.75 Å². The second kappa shape index (κ2) is 12.9. The second-order valence-corrected chi connectivity index (χ2v) is 12.4. The molecule has 3 aliphatic heterocycles. The van der Waals surface area contributed by atoms with Crippen LogP contribution in [0.5, 0.6) is 5.75 Å². The highest BCUT2D eigenvalue weighted by atomic mass is 35.5. The van der Waals surface area contributed by atoms with Gasteiger partial charge in [-0.25, -0.2) is 4.79 Å². The largest absolute Gasteiger partial charge is 0.495 e. The molecule has 3 aliphatic rings. The predicted molar refractivity (Wildman–Crippen MR) is 159 cm³/mol. The molecule has 3 heterocycles. The zero-order valence-corrected chi connectivity index (χ0v) is 26.3. The Morgan fingerprint density at radius 2 is 1.95 bits per heavy atom. The summed E-state index contributed by atoms with van der Waals surface area (Å²) in [7, 11) is 2.94. The first-order valence-corrected chi connectivity index (χ1v) is 14.7. The number of anilines is 1. The lowest BCUT2D eigenvalue weighted by atomic mass is 9.83. The number of carbonyl (C=O) groups is 3. The molecule has 7 atom stereocenters. The van der Waals surface area contributed by atoms with E-state index in [2.05, 4.69) is 10.6 Å². The Kier molecular flexibility index (Phi) is 9.80. The van der Waals surface area contributed by atoms with Gasteiger partial charge in [-0.3, -0.25) is 14.9 Å². The molecule has 0 unspecified atom stereocenters. The summed E-state index contributed by atoms with van der Waals surface area (Å²) in [4.78, 5) is 38.8. The van der Waals surface area contributed by atoms with Gasteiger partial charge in [-0.05, 0) is 38.0 Å². The first-order chi connectivity index (χ1) is 20.2. The Labute approximate surface area is 256 Å². The van der Waals surface area contributed by atoms with Gasteiger partial charge >= 0.3 is 12.1 Å². The number of methoxy groups -OCH3 is 2. The number of ether oxygens (including phenoxy) is 5. The van der Waals surface area contributed by atoms with Crippen LogP contribution in [-0.4, -0.2) is 73.0 Å². The minimum atomic E-state index is -1.77. The molecule has 1 aromatic carbocycles. The number of esters is 1. The Morgan fingerprint density at radius 3 is 2.60 bits per heavy atom. The first-order valence-electron chi connectivity index (χ1n) is 14.3. The van der Waals surface area contributed by atoms with Gasteiger partial charge in [0.05, 0.1) is 31.2 Å². The van der Waals surface area contributed by atoms with Crippen molar-refractivity contribution in [1.29, 1.82) is 0 Å². The number of hydrogen-bond donors (Lipinski definition) is 3. The Balaban J connectivity index is 1.76. The number of fused-ring (bicyclic) bond motifs is 5. The zero-order chi connectivity index (χ0) is 31.7. The second-order valence-electron chi connectivity index (χ2n) is 12.0. The van der Waals surface area contributed by atoms with Crippen molar-refractivity contribution in [2.24, 2.45) is 11.8 Å². The van der Waals surface area contributed by atoms with Gasteiger partial charge in [0.1, 0.15) is 34.7 Å². The molecule has 0 radical (unpaired) electrons. The molecule has 3 N–H and O–H groups in total. The summed E-state index contributed by atoms with van der Waals surface area (Å²) in [5.41, 5.74) is -0.698. The number of carbonyl (C=O) groups excluding carboxylic acids is 3. The van der Waals surface area contributed by atoms with Crippen LogP contribution in [0.1, 0.15) is 53.0 Å².